The van der Waals surface area contributed by atoms with Crippen LogP contribution in [0.25, 0.3) is 0 Å². The highest BCUT2D eigenvalue weighted by Gasteiger charge is 2.31. The lowest BCUT2D eigenvalue weighted by atomic mass is 9.74. The number of hydrogen-bond donors (Lipinski definition) is 2. The Morgan fingerprint density at radius 3 is 2.80 bits per heavy atom. The Balaban J connectivity index is 1.89. The SMILES string of the molecule is OCC1(CNc2cnns2)CCCCC1. The first kappa shape index (κ1) is 10.8. The molecule has 84 valence electrons. The van der Waals surface area contributed by atoms with Crippen molar-refractivity contribution in [3.05, 3.63) is 6.20 Å². The third kappa shape index (κ3) is 2.66. The zero-order valence-electron chi connectivity index (χ0n) is 8.78. The van der Waals surface area contributed by atoms with E-state index in [4.69, 9.17) is 0 Å². The van der Waals surface area contributed by atoms with E-state index < -0.39 is 0 Å². The summed E-state index contributed by atoms with van der Waals surface area (Å²) in [5.74, 6) is 0. The van der Waals surface area contributed by atoms with E-state index in [1.807, 2.05) is 0 Å². The number of aliphatic hydroxyl groups is 1. The highest BCUT2D eigenvalue weighted by Crippen LogP contribution is 2.36. The topological polar surface area (TPSA) is 58.0 Å². The molecule has 0 aliphatic heterocycles. The maximum Gasteiger partial charge on any atom is 0.130 e. The van der Waals surface area contributed by atoms with Gasteiger partial charge in [0, 0.05) is 23.5 Å². The first-order valence-electron chi connectivity index (χ1n) is 5.47. The lowest BCUT2D eigenvalue weighted by Crippen LogP contribution is -2.35. The minimum Gasteiger partial charge on any atom is -0.396 e. The second kappa shape index (κ2) is 4.90. The summed E-state index contributed by atoms with van der Waals surface area (Å²) >= 11 is 1.37. The van der Waals surface area contributed by atoms with Crippen LogP contribution in [0.2, 0.25) is 0 Å². The van der Waals surface area contributed by atoms with Gasteiger partial charge in [0.05, 0.1) is 12.8 Å². The van der Waals surface area contributed by atoms with Gasteiger partial charge in [-0.2, -0.15) is 0 Å². The summed E-state index contributed by atoms with van der Waals surface area (Å²) in [4.78, 5) is 0. The van der Waals surface area contributed by atoms with Crippen LogP contribution >= 0.6 is 11.5 Å². The highest BCUT2D eigenvalue weighted by atomic mass is 32.1. The van der Waals surface area contributed by atoms with Gasteiger partial charge in [0.2, 0.25) is 0 Å². The Bertz CT molecular complexity index is 283. The Morgan fingerprint density at radius 1 is 1.40 bits per heavy atom. The minimum absolute atomic E-state index is 0.0856. The van der Waals surface area contributed by atoms with Crippen molar-refractivity contribution in [2.45, 2.75) is 32.1 Å². The molecule has 1 fully saturated rings. The van der Waals surface area contributed by atoms with E-state index in [1.165, 1.54) is 30.8 Å². The van der Waals surface area contributed by atoms with E-state index in [0.29, 0.717) is 0 Å². The summed E-state index contributed by atoms with van der Waals surface area (Å²) in [6.45, 7) is 1.12. The molecule has 1 heterocycles. The van der Waals surface area contributed by atoms with E-state index in [9.17, 15) is 5.11 Å². The van der Waals surface area contributed by atoms with Crippen molar-refractivity contribution in [3.63, 3.8) is 0 Å². The second-order valence-electron chi connectivity index (χ2n) is 4.35. The Kier molecular flexibility index (Phi) is 3.53. The fraction of sp³-hybridized carbons (Fsp3) is 0.800. The molecule has 5 heteroatoms. The van der Waals surface area contributed by atoms with Crippen LogP contribution in [0.4, 0.5) is 5.00 Å². The van der Waals surface area contributed by atoms with Crippen LogP contribution < -0.4 is 5.32 Å². The fourth-order valence-corrected chi connectivity index (χ4v) is 2.63. The second-order valence-corrected chi connectivity index (χ2v) is 5.14. The Hall–Kier alpha value is -0.680. The summed E-state index contributed by atoms with van der Waals surface area (Å²) in [5, 5.41) is 17.6. The quantitative estimate of drug-likeness (QED) is 0.824. The van der Waals surface area contributed by atoms with Gasteiger partial charge in [0.1, 0.15) is 5.00 Å². The number of nitrogens with zero attached hydrogens (tertiary/aromatic N) is 2. The molecule has 2 N–H and O–H groups in total. The van der Waals surface area contributed by atoms with Crippen molar-refractivity contribution in [2.75, 3.05) is 18.5 Å². The summed E-state index contributed by atoms with van der Waals surface area (Å²) in [6.07, 6.45) is 7.78. The van der Waals surface area contributed by atoms with Crippen LogP contribution in [0.1, 0.15) is 32.1 Å². The lowest BCUT2D eigenvalue weighted by Gasteiger charge is -2.35. The number of anilines is 1. The molecule has 0 bridgehead atoms. The predicted octanol–water partition coefficient (Wildman–Crippen LogP) is 1.89. The van der Waals surface area contributed by atoms with Crippen molar-refractivity contribution in [3.8, 4) is 0 Å². The average Bonchev–Trinajstić information content (AvgIpc) is 2.81. The molecule has 0 unspecified atom stereocenters. The van der Waals surface area contributed by atoms with Gasteiger partial charge in [-0.1, -0.05) is 23.8 Å². The number of aliphatic hydroxyl groups excluding tert-OH is 1. The summed E-state index contributed by atoms with van der Waals surface area (Å²) in [7, 11) is 0. The average molecular weight is 227 g/mol. The molecule has 2 rings (SSSR count). The first-order chi connectivity index (χ1) is 7.35. The van der Waals surface area contributed by atoms with Gasteiger partial charge in [0.25, 0.3) is 0 Å². The first-order valence-corrected chi connectivity index (χ1v) is 6.24. The lowest BCUT2D eigenvalue weighted by molar-refractivity contribution is 0.0944. The molecule has 0 atom stereocenters. The van der Waals surface area contributed by atoms with Crippen LogP contribution in [0.5, 0.6) is 0 Å². The number of hydrogen-bond acceptors (Lipinski definition) is 5. The fourth-order valence-electron chi connectivity index (χ4n) is 2.21. The molecule has 0 saturated heterocycles. The zero-order valence-corrected chi connectivity index (χ0v) is 9.59. The molecule has 1 saturated carbocycles. The highest BCUT2D eigenvalue weighted by molar-refractivity contribution is 7.09. The molecule has 1 aliphatic carbocycles. The summed E-state index contributed by atoms with van der Waals surface area (Å²) < 4.78 is 3.80. The van der Waals surface area contributed by atoms with Crippen LogP contribution in [0.3, 0.4) is 0 Å². The normalized spacial score (nSPS) is 20.1. The van der Waals surface area contributed by atoms with Crippen LogP contribution in [-0.2, 0) is 0 Å². The molecular weight excluding hydrogens is 210 g/mol. The molecule has 0 aromatic carbocycles. The third-order valence-electron chi connectivity index (χ3n) is 3.25. The largest absolute Gasteiger partial charge is 0.396 e. The molecule has 1 aliphatic rings. The smallest absolute Gasteiger partial charge is 0.130 e. The molecule has 0 amide bonds. The predicted molar refractivity (Wildman–Crippen MR) is 61.0 cm³/mol. The van der Waals surface area contributed by atoms with E-state index in [0.717, 1.165) is 24.4 Å². The van der Waals surface area contributed by atoms with Gasteiger partial charge in [-0.3, -0.25) is 0 Å². The van der Waals surface area contributed by atoms with Crippen LogP contribution in [-0.4, -0.2) is 27.8 Å². The van der Waals surface area contributed by atoms with Gasteiger partial charge in [0.15, 0.2) is 0 Å². The zero-order chi connectivity index (χ0) is 10.6. The van der Waals surface area contributed by atoms with Crippen molar-refractivity contribution in [2.24, 2.45) is 5.41 Å². The Labute approximate surface area is 93.9 Å². The van der Waals surface area contributed by atoms with Gasteiger partial charge in [-0.05, 0) is 12.8 Å². The van der Waals surface area contributed by atoms with Gasteiger partial charge in [-0.25, -0.2) is 0 Å². The number of nitrogens with one attached hydrogen (secondary N) is 1. The van der Waals surface area contributed by atoms with Gasteiger partial charge < -0.3 is 10.4 Å². The molecule has 4 nitrogen and oxygen atoms in total. The summed E-state index contributed by atoms with van der Waals surface area (Å²) in [5.41, 5.74) is 0.0856. The molecule has 1 aromatic heterocycles. The molecule has 1 aromatic rings. The van der Waals surface area contributed by atoms with Gasteiger partial charge in [-0.15, -0.1) is 5.10 Å². The van der Waals surface area contributed by atoms with E-state index in [1.54, 1.807) is 6.20 Å². The van der Waals surface area contributed by atoms with Crippen molar-refractivity contribution in [1.82, 2.24) is 9.59 Å². The monoisotopic (exact) mass is 227 g/mol. The minimum atomic E-state index is 0.0856. The third-order valence-corrected chi connectivity index (χ3v) is 3.87. The van der Waals surface area contributed by atoms with E-state index in [-0.39, 0.29) is 12.0 Å². The molecular formula is C10H17N3OS. The van der Waals surface area contributed by atoms with Gasteiger partial charge >= 0.3 is 0 Å². The molecule has 0 spiro atoms. The Morgan fingerprint density at radius 2 is 2.20 bits per heavy atom. The molecule has 15 heavy (non-hydrogen) atoms. The van der Waals surface area contributed by atoms with E-state index >= 15 is 0 Å². The maximum atomic E-state index is 9.50. The maximum absolute atomic E-state index is 9.50. The number of rotatable bonds is 4. The summed E-state index contributed by atoms with van der Waals surface area (Å²) in [6, 6.07) is 0. The van der Waals surface area contributed by atoms with Crippen molar-refractivity contribution in [1.29, 1.82) is 0 Å². The van der Waals surface area contributed by atoms with Crippen LogP contribution in [0, 0.1) is 5.41 Å². The van der Waals surface area contributed by atoms with Crippen LogP contribution in [0.15, 0.2) is 6.20 Å². The number of aromatic nitrogens is 2. The van der Waals surface area contributed by atoms with Crippen molar-refractivity contribution >= 4 is 16.5 Å². The van der Waals surface area contributed by atoms with Crippen molar-refractivity contribution < 1.29 is 5.11 Å². The molecule has 0 radical (unpaired) electrons. The van der Waals surface area contributed by atoms with E-state index in [2.05, 4.69) is 14.9 Å². The standard InChI is InChI=1S/C10H17N3OS/c14-8-10(4-2-1-3-5-10)7-11-9-6-12-13-15-9/h6,11,14H,1-5,7-8H2.